The molecular formula is C23H17FN6O2. The monoisotopic (exact) mass is 428 g/mol. The molecule has 158 valence electrons. The third-order valence-electron chi connectivity index (χ3n) is 5.29. The topological polar surface area (TPSA) is 103 Å². The van der Waals surface area contributed by atoms with Crippen molar-refractivity contribution >= 4 is 34.2 Å². The first-order valence-electron chi connectivity index (χ1n) is 9.82. The predicted octanol–water partition coefficient (Wildman–Crippen LogP) is 2.67. The van der Waals surface area contributed by atoms with Gasteiger partial charge in [-0.2, -0.15) is 5.10 Å². The van der Waals surface area contributed by atoms with Crippen LogP contribution < -0.4 is 10.2 Å². The van der Waals surface area contributed by atoms with Crippen LogP contribution in [0.5, 0.6) is 0 Å². The second-order valence-corrected chi connectivity index (χ2v) is 7.27. The summed E-state index contributed by atoms with van der Waals surface area (Å²) in [6.45, 7) is 0. The fourth-order valence-corrected chi connectivity index (χ4v) is 3.65. The van der Waals surface area contributed by atoms with Crippen LogP contribution in [0.4, 0.5) is 10.1 Å². The summed E-state index contributed by atoms with van der Waals surface area (Å²) in [4.78, 5) is 36.2. The first-order valence-corrected chi connectivity index (χ1v) is 9.82. The molecular weight excluding hydrogens is 411 g/mol. The Labute approximate surface area is 181 Å². The average molecular weight is 428 g/mol. The number of benzodiazepines with no additional fused rings is 1. The molecule has 0 fully saturated rings. The molecule has 9 heteroatoms. The highest BCUT2D eigenvalue weighted by Gasteiger charge is 2.32. The summed E-state index contributed by atoms with van der Waals surface area (Å²) >= 11 is 0. The quantitative estimate of drug-likeness (QED) is 0.524. The third-order valence-corrected chi connectivity index (χ3v) is 5.29. The molecule has 0 aliphatic carbocycles. The van der Waals surface area contributed by atoms with Crippen LogP contribution in [0.3, 0.4) is 0 Å². The van der Waals surface area contributed by atoms with E-state index in [1.165, 1.54) is 17.2 Å². The fourth-order valence-electron chi connectivity index (χ4n) is 3.65. The van der Waals surface area contributed by atoms with E-state index in [9.17, 15) is 14.0 Å². The number of likely N-dealkylation sites (N-methyl/N-ethyl adjacent to an activating group) is 1. The van der Waals surface area contributed by atoms with Crippen LogP contribution in [0.15, 0.2) is 72.0 Å². The van der Waals surface area contributed by atoms with E-state index in [-0.39, 0.29) is 16.8 Å². The summed E-state index contributed by atoms with van der Waals surface area (Å²) < 4.78 is 14.7. The van der Waals surface area contributed by atoms with Gasteiger partial charge in [-0.05, 0) is 24.3 Å². The number of halogens is 1. The van der Waals surface area contributed by atoms with E-state index < -0.39 is 23.8 Å². The van der Waals surface area contributed by atoms with E-state index in [0.29, 0.717) is 22.3 Å². The maximum Gasteiger partial charge on any atom is 0.272 e. The lowest BCUT2D eigenvalue weighted by atomic mass is 10.00. The minimum Gasteiger partial charge on any atom is -0.322 e. The molecule has 2 N–H and O–H groups in total. The number of aromatic nitrogens is 3. The van der Waals surface area contributed by atoms with Gasteiger partial charge in [0.25, 0.3) is 11.8 Å². The van der Waals surface area contributed by atoms with Crippen LogP contribution in [0.1, 0.15) is 21.5 Å². The Morgan fingerprint density at radius 3 is 2.66 bits per heavy atom. The summed E-state index contributed by atoms with van der Waals surface area (Å²) in [5, 5.41) is 9.30. The van der Waals surface area contributed by atoms with E-state index >= 15 is 0 Å². The van der Waals surface area contributed by atoms with Crippen molar-refractivity contribution in [1.29, 1.82) is 0 Å². The Balaban J connectivity index is 1.58. The van der Waals surface area contributed by atoms with Crippen LogP contribution in [-0.4, -0.2) is 45.9 Å². The number of para-hydroxylation sites is 1. The minimum atomic E-state index is -1.26. The number of hydrogen-bond donors (Lipinski definition) is 2. The highest BCUT2D eigenvalue weighted by Crippen LogP contribution is 2.28. The average Bonchev–Trinajstić information content (AvgIpc) is 3.26. The Morgan fingerprint density at radius 2 is 1.84 bits per heavy atom. The van der Waals surface area contributed by atoms with Crippen molar-refractivity contribution in [2.24, 2.45) is 4.99 Å². The number of pyridine rings is 1. The molecule has 0 saturated carbocycles. The summed E-state index contributed by atoms with van der Waals surface area (Å²) in [5.74, 6) is -1.46. The van der Waals surface area contributed by atoms with Crippen molar-refractivity contribution < 1.29 is 14.0 Å². The van der Waals surface area contributed by atoms with Gasteiger partial charge in [0, 0.05) is 24.4 Å². The largest absolute Gasteiger partial charge is 0.322 e. The lowest BCUT2D eigenvalue weighted by Crippen LogP contribution is -2.46. The minimum absolute atomic E-state index is 0.238. The number of fused-ring (bicyclic) bond motifs is 2. The number of H-pyrrole nitrogens is 1. The number of nitrogens with one attached hydrogen (secondary N) is 2. The zero-order chi connectivity index (χ0) is 22.2. The van der Waals surface area contributed by atoms with E-state index in [1.54, 1.807) is 61.8 Å². The first kappa shape index (κ1) is 19.6. The van der Waals surface area contributed by atoms with Gasteiger partial charge in [-0.1, -0.05) is 30.3 Å². The highest BCUT2D eigenvalue weighted by molar-refractivity contribution is 6.20. The molecule has 0 saturated heterocycles. The number of anilines is 1. The van der Waals surface area contributed by atoms with Crippen molar-refractivity contribution in [3.8, 4) is 0 Å². The van der Waals surface area contributed by atoms with Gasteiger partial charge in [0.2, 0.25) is 6.17 Å². The van der Waals surface area contributed by atoms with E-state index in [4.69, 9.17) is 0 Å². The molecule has 4 aromatic rings. The van der Waals surface area contributed by atoms with Gasteiger partial charge in [0.05, 0.1) is 28.7 Å². The van der Waals surface area contributed by atoms with Crippen LogP contribution in [0, 0.1) is 5.82 Å². The molecule has 5 rings (SSSR count). The van der Waals surface area contributed by atoms with Gasteiger partial charge in [-0.3, -0.25) is 19.7 Å². The molecule has 3 heterocycles. The number of aromatic amines is 1. The normalized spacial score (nSPS) is 15.8. The maximum absolute atomic E-state index is 14.7. The van der Waals surface area contributed by atoms with E-state index in [2.05, 4.69) is 25.5 Å². The Hall–Kier alpha value is -4.40. The van der Waals surface area contributed by atoms with Crippen LogP contribution in [0.25, 0.3) is 11.0 Å². The van der Waals surface area contributed by atoms with Crippen molar-refractivity contribution in [3.63, 3.8) is 0 Å². The van der Waals surface area contributed by atoms with Crippen LogP contribution >= 0.6 is 0 Å². The zero-order valence-corrected chi connectivity index (χ0v) is 16.9. The Morgan fingerprint density at radius 1 is 1.09 bits per heavy atom. The molecule has 2 amide bonds. The molecule has 2 aromatic carbocycles. The lowest BCUT2D eigenvalue weighted by Gasteiger charge is -2.20. The molecule has 8 nitrogen and oxygen atoms in total. The molecule has 32 heavy (non-hydrogen) atoms. The number of rotatable bonds is 3. The summed E-state index contributed by atoms with van der Waals surface area (Å²) in [7, 11) is 1.60. The second-order valence-electron chi connectivity index (χ2n) is 7.27. The molecule has 0 radical (unpaired) electrons. The van der Waals surface area contributed by atoms with Gasteiger partial charge < -0.3 is 10.2 Å². The number of amides is 2. The van der Waals surface area contributed by atoms with E-state index in [1.807, 2.05) is 0 Å². The van der Waals surface area contributed by atoms with E-state index in [0.717, 1.165) is 0 Å². The summed E-state index contributed by atoms with van der Waals surface area (Å²) in [6, 6.07) is 14.9. The predicted molar refractivity (Wildman–Crippen MR) is 117 cm³/mol. The van der Waals surface area contributed by atoms with Crippen molar-refractivity contribution in [1.82, 2.24) is 20.5 Å². The number of aliphatic imine (C=N–C) groups is 1. The SMILES string of the molecule is CN1C(=O)C(NC(=O)c2cnc3cn[nH]c3c2)N=C(c2ccccc2F)c2ccccc21. The molecule has 2 aromatic heterocycles. The van der Waals surface area contributed by atoms with Gasteiger partial charge in [-0.25, -0.2) is 9.38 Å². The van der Waals surface area contributed by atoms with Crippen molar-refractivity contribution in [2.45, 2.75) is 6.17 Å². The number of carbonyl (C=O) groups excluding carboxylic acids is 2. The molecule has 1 unspecified atom stereocenters. The smallest absolute Gasteiger partial charge is 0.272 e. The standard InChI is InChI=1S/C23H17FN6O2/c1-30-19-9-5-3-7-15(19)20(14-6-2-4-8-16(14)24)27-21(23(30)32)28-22(31)13-10-17-18(25-11-13)12-26-29-17/h2-12,21H,1H3,(H,26,29)(H,28,31). The van der Waals surface area contributed by atoms with Crippen LogP contribution in [-0.2, 0) is 4.79 Å². The summed E-state index contributed by atoms with van der Waals surface area (Å²) in [5.41, 5.74) is 3.11. The fraction of sp³-hybridized carbons (Fsp3) is 0.0870. The number of benzene rings is 2. The third kappa shape index (κ3) is 3.29. The van der Waals surface area contributed by atoms with Crippen molar-refractivity contribution in [2.75, 3.05) is 11.9 Å². The molecule has 1 aliphatic rings. The maximum atomic E-state index is 14.7. The van der Waals surface area contributed by atoms with Gasteiger partial charge in [0.15, 0.2) is 0 Å². The van der Waals surface area contributed by atoms with Crippen LogP contribution in [0.2, 0.25) is 0 Å². The number of nitrogens with zero attached hydrogens (tertiary/aromatic N) is 4. The zero-order valence-electron chi connectivity index (χ0n) is 16.9. The molecule has 0 spiro atoms. The number of hydrogen-bond acceptors (Lipinski definition) is 5. The Kier molecular flexibility index (Phi) is 4.70. The second kappa shape index (κ2) is 7.69. The summed E-state index contributed by atoms with van der Waals surface area (Å²) in [6.07, 6.45) is 1.68. The molecule has 1 atom stereocenters. The first-order chi connectivity index (χ1) is 15.5. The lowest BCUT2D eigenvalue weighted by molar-refractivity contribution is -0.119. The molecule has 0 bridgehead atoms. The molecule has 1 aliphatic heterocycles. The Bertz CT molecular complexity index is 1400. The van der Waals surface area contributed by atoms with Gasteiger partial charge >= 0.3 is 0 Å². The van der Waals surface area contributed by atoms with Gasteiger partial charge in [-0.15, -0.1) is 0 Å². The number of carbonyl (C=O) groups is 2. The highest BCUT2D eigenvalue weighted by atomic mass is 19.1. The van der Waals surface area contributed by atoms with Gasteiger partial charge in [0.1, 0.15) is 11.3 Å². The van der Waals surface area contributed by atoms with Crippen molar-refractivity contribution in [3.05, 3.63) is 89.5 Å².